The number of halogens is 1. The number of allylic oxidation sites excluding steroid dienone is 1. The van der Waals surface area contributed by atoms with E-state index in [-0.39, 0.29) is 6.04 Å². The summed E-state index contributed by atoms with van der Waals surface area (Å²) in [6.45, 7) is 5.69. The summed E-state index contributed by atoms with van der Waals surface area (Å²) < 4.78 is 6.21. The Morgan fingerprint density at radius 1 is 1.39 bits per heavy atom. The molecule has 5 heteroatoms. The van der Waals surface area contributed by atoms with E-state index < -0.39 is 5.97 Å². The number of carboxylic acid groups (broad SMARTS) is 1. The fourth-order valence-corrected chi connectivity index (χ4v) is 3.51. The predicted molar refractivity (Wildman–Crippen MR) is 95.1 cm³/mol. The van der Waals surface area contributed by atoms with Crippen molar-refractivity contribution in [3.63, 3.8) is 0 Å². The van der Waals surface area contributed by atoms with Crippen molar-refractivity contribution < 1.29 is 14.6 Å². The topological polar surface area (TPSA) is 58.6 Å². The number of benzene rings is 1. The third kappa shape index (κ3) is 4.58. The zero-order valence-electron chi connectivity index (χ0n) is 13.6. The maximum atomic E-state index is 11.9. The molecule has 126 valence electrons. The van der Waals surface area contributed by atoms with Crippen LogP contribution in [0.4, 0.5) is 0 Å². The molecule has 1 heterocycles. The molecule has 1 unspecified atom stereocenters. The molecular formula is C18H24BrNO3. The summed E-state index contributed by atoms with van der Waals surface area (Å²) in [5, 5.41) is 13.2. The van der Waals surface area contributed by atoms with Gasteiger partial charge in [-0.25, -0.2) is 4.79 Å². The molecule has 1 aromatic rings. The highest BCUT2D eigenvalue weighted by Crippen LogP contribution is 2.28. The van der Waals surface area contributed by atoms with Gasteiger partial charge >= 0.3 is 5.97 Å². The van der Waals surface area contributed by atoms with Crippen LogP contribution in [0.2, 0.25) is 0 Å². The van der Waals surface area contributed by atoms with Gasteiger partial charge in [-0.05, 0) is 38.2 Å². The number of hydrogen-bond donors (Lipinski definition) is 2. The number of carboxylic acids is 1. The molecule has 0 aromatic heterocycles. The SMILES string of the molecule is CCC(NC(C)C1CCOCC1)=C(C(=O)O)c1ccccc1Br. The largest absolute Gasteiger partial charge is 0.478 e. The third-order valence-corrected chi connectivity index (χ3v) is 5.08. The number of nitrogens with one attached hydrogen (secondary N) is 1. The van der Waals surface area contributed by atoms with Gasteiger partial charge in [-0.1, -0.05) is 41.1 Å². The third-order valence-electron chi connectivity index (χ3n) is 4.39. The number of ether oxygens (including phenoxy) is 1. The Labute approximate surface area is 146 Å². The molecule has 23 heavy (non-hydrogen) atoms. The molecular weight excluding hydrogens is 358 g/mol. The van der Waals surface area contributed by atoms with Crippen LogP contribution in [0.3, 0.4) is 0 Å². The van der Waals surface area contributed by atoms with Crippen LogP contribution in [-0.4, -0.2) is 30.3 Å². The number of aliphatic carboxylic acids is 1. The standard InChI is InChI=1S/C18H24BrNO3/c1-3-16(20-12(2)13-8-10-23-11-9-13)17(18(21)22)14-6-4-5-7-15(14)19/h4-7,12-13,20H,3,8-11H2,1-2H3,(H,21,22). The number of carbonyl (C=O) groups is 1. The van der Waals surface area contributed by atoms with Crippen LogP contribution in [-0.2, 0) is 9.53 Å². The van der Waals surface area contributed by atoms with Gasteiger partial charge in [-0.3, -0.25) is 0 Å². The average Bonchev–Trinajstić information content (AvgIpc) is 2.56. The molecule has 0 saturated carbocycles. The summed E-state index contributed by atoms with van der Waals surface area (Å²) in [5.74, 6) is -0.389. The normalized spacial score (nSPS) is 18.2. The van der Waals surface area contributed by atoms with Crippen molar-refractivity contribution in [2.45, 2.75) is 39.2 Å². The molecule has 0 bridgehead atoms. The Morgan fingerprint density at radius 3 is 2.61 bits per heavy atom. The van der Waals surface area contributed by atoms with Crippen LogP contribution >= 0.6 is 15.9 Å². The lowest BCUT2D eigenvalue weighted by atomic mass is 9.92. The highest BCUT2D eigenvalue weighted by Gasteiger charge is 2.24. The molecule has 4 nitrogen and oxygen atoms in total. The lowest BCUT2D eigenvalue weighted by Gasteiger charge is -2.30. The van der Waals surface area contributed by atoms with Gasteiger partial charge in [0.1, 0.15) is 0 Å². The first kappa shape index (κ1) is 18.0. The molecule has 0 aliphatic carbocycles. The number of hydrogen-bond acceptors (Lipinski definition) is 3. The molecule has 1 aliphatic heterocycles. The van der Waals surface area contributed by atoms with Gasteiger partial charge in [0.05, 0.1) is 5.57 Å². The van der Waals surface area contributed by atoms with Gasteiger partial charge in [-0.2, -0.15) is 0 Å². The summed E-state index contributed by atoms with van der Waals surface area (Å²) in [6, 6.07) is 7.68. The monoisotopic (exact) mass is 381 g/mol. The molecule has 0 spiro atoms. The molecule has 2 N–H and O–H groups in total. The van der Waals surface area contributed by atoms with Gasteiger partial charge in [0.25, 0.3) is 0 Å². The van der Waals surface area contributed by atoms with Crippen molar-refractivity contribution in [2.24, 2.45) is 5.92 Å². The van der Waals surface area contributed by atoms with Crippen molar-refractivity contribution in [1.29, 1.82) is 0 Å². The molecule has 1 fully saturated rings. The smallest absolute Gasteiger partial charge is 0.338 e. The quantitative estimate of drug-likeness (QED) is 0.729. The van der Waals surface area contributed by atoms with E-state index in [4.69, 9.17) is 4.74 Å². The first-order chi connectivity index (χ1) is 11.0. The molecule has 1 saturated heterocycles. The van der Waals surface area contributed by atoms with E-state index in [0.717, 1.165) is 36.2 Å². The second-order valence-corrected chi connectivity index (χ2v) is 6.73. The van der Waals surface area contributed by atoms with Gasteiger partial charge < -0.3 is 15.2 Å². The van der Waals surface area contributed by atoms with Crippen molar-refractivity contribution >= 4 is 27.5 Å². The molecule has 0 amide bonds. The summed E-state index contributed by atoms with van der Waals surface area (Å²) >= 11 is 3.46. The van der Waals surface area contributed by atoms with Crippen LogP contribution in [0.1, 0.15) is 38.7 Å². The predicted octanol–water partition coefficient (Wildman–Crippen LogP) is 4.06. The maximum absolute atomic E-state index is 11.9. The van der Waals surface area contributed by atoms with E-state index in [2.05, 4.69) is 28.2 Å². The minimum atomic E-state index is -0.902. The number of rotatable bonds is 6. The highest BCUT2D eigenvalue weighted by atomic mass is 79.9. The zero-order valence-corrected chi connectivity index (χ0v) is 15.2. The van der Waals surface area contributed by atoms with E-state index in [1.54, 1.807) is 0 Å². The summed E-state index contributed by atoms with van der Waals surface area (Å²) in [4.78, 5) is 11.9. The molecule has 1 aliphatic rings. The lowest BCUT2D eigenvalue weighted by molar-refractivity contribution is -0.130. The molecule has 0 radical (unpaired) electrons. The summed E-state index contributed by atoms with van der Waals surface area (Å²) in [5.41, 5.74) is 1.84. The van der Waals surface area contributed by atoms with Crippen molar-refractivity contribution in [3.8, 4) is 0 Å². The van der Waals surface area contributed by atoms with Crippen LogP contribution in [0, 0.1) is 5.92 Å². The zero-order chi connectivity index (χ0) is 16.8. The lowest BCUT2D eigenvalue weighted by Crippen LogP contribution is -2.37. The van der Waals surface area contributed by atoms with Crippen molar-refractivity contribution in [2.75, 3.05) is 13.2 Å². The Kier molecular flexibility index (Phi) is 6.66. The van der Waals surface area contributed by atoms with Crippen LogP contribution < -0.4 is 5.32 Å². The minimum absolute atomic E-state index is 0.227. The second kappa shape index (κ2) is 8.50. The van der Waals surface area contributed by atoms with Crippen molar-refractivity contribution in [1.82, 2.24) is 5.32 Å². The van der Waals surface area contributed by atoms with Crippen LogP contribution in [0.25, 0.3) is 5.57 Å². The van der Waals surface area contributed by atoms with Crippen molar-refractivity contribution in [3.05, 3.63) is 40.0 Å². The van der Waals surface area contributed by atoms with E-state index in [9.17, 15) is 9.90 Å². The van der Waals surface area contributed by atoms with Gasteiger partial charge in [0.2, 0.25) is 0 Å². The van der Waals surface area contributed by atoms with Gasteiger partial charge in [0, 0.05) is 35.0 Å². The fraction of sp³-hybridized carbons (Fsp3) is 0.500. The van der Waals surface area contributed by atoms with Gasteiger partial charge in [-0.15, -0.1) is 0 Å². The van der Waals surface area contributed by atoms with E-state index >= 15 is 0 Å². The van der Waals surface area contributed by atoms with Crippen LogP contribution in [0.5, 0.6) is 0 Å². The fourth-order valence-electron chi connectivity index (χ4n) is 3.03. The summed E-state index contributed by atoms with van der Waals surface area (Å²) in [7, 11) is 0. The van der Waals surface area contributed by atoms with E-state index in [0.29, 0.717) is 23.5 Å². The highest BCUT2D eigenvalue weighted by molar-refractivity contribution is 9.10. The first-order valence-electron chi connectivity index (χ1n) is 8.10. The minimum Gasteiger partial charge on any atom is -0.478 e. The molecule has 1 aromatic carbocycles. The second-order valence-electron chi connectivity index (χ2n) is 5.87. The average molecular weight is 382 g/mol. The maximum Gasteiger partial charge on any atom is 0.338 e. The van der Waals surface area contributed by atoms with E-state index in [1.165, 1.54) is 0 Å². The van der Waals surface area contributed by atoms with Gasteiger partial charge in [0.15, 0.2) is 0 Å². The Hall–Kier alpha value is -1.33. The van der Waals surface area contributed by atoms with Crippen LogP contribution in [0.15, 0.2) is 34.4 Å². The summed E-state index contributed by atoms with van der Waals surface area (Å²) in [6.07, 6.45) is 2.68. The Bertz CT molecular complexity index is 579. The Balaban J connectivity index is 2.30. The first-order valence-corrected chi connectivity index (χ1v) is 8.89. The Morgan fingerprint density at radius 2 is 2.04 bits per heavy atom. The molecule has 2 rings (SSSR count). The molecule has 1 atom stereocenters. The van der Waals surface area contributed by atoms with E-state index in [1.807, 2.05) is 31.2 Å².